The first kappa shape index (κ1) is 34.3. The second-order valence-corrected chi connectivity index (χ2v) is 13.8. The Morgan fingerprint density at radius 1 is 0.500 bits per heavy atom. The van der Waals surface area contributed by atoms with E-state index in [1.165, 1.54) is 24.3 Å². The molecule has 0 aliphatic heterocycles. The van der Waals surface area contributed by atoms with Crippen molar-refractivity contribution in [2.75, 3.05) is 0 Å². The summed E-state index contributed by atoms with van der Waals surface area (Å²) in [5.41, 5.74) is 7.75. The van der Waals surface area contributed by atoms with Gasteiger partial charge in [0.1, 0.15) is 0 Å². The van der Waals surface area contributed by atoms with E-state index < -0.39 is 9.85 Å². The second-order valence-electron chi connectivity index (χ2n) is 12.0. The van der Waals surface area contributed by atoms with Gasteiger partial charge in [0, 0.05) is 58.3 Å². The van der Waals surface area contributed by atoms with Gasteiger partial charge in [-0.25, -0.2) is 0 Å². The largest absolute Gasteiger partial charge is 0.270 e. The average Bonchev–Trinajstić information content (AvgIpc) is 3.79. The van der Waals surface area contributed by atoms with Crippen LogP contribution in [-0.4, -0.2) is 39.4 Å². The summed E-state index contributed by atoms with van der Waals surface area (Å²) in [6.07, 6.45) is 0. The summed E-state index contributed by atoms with van der Waals surface area (Å²) in [6, 6.07) is 37.2. The molecule has 12 nitrogen and oxygen atoms in total. The third-order valence-electron chi connectivity index (χ3n) is 8.28. The minimum Gasteiger partial charge on any atom is -0.270 e. The number of rotatable bonds is 12. The fourth-order valence-corrected chi connectivity index (χ4v) is 7.26. The van der Waals surface area contributed by atoms with Crippen molar-refractivity contribution in [3.05, 3.63) is 164 Å². The van der Waals surface area contributed by atoms with E-state index in [4.69, 9.17) is 0 Å². The van der Waals surface area contributed by atoms with Crippen LogP contribution in [0.25, 0.3) is 34.2 Å². The number of aryl methyl sites for hydroxylation is 2. The van der Waals surface area contributed by atoms with Crippen LogP contribution in [0.3, 0.4) is 0 Å². The molecule has 7 aromatic rings. The van der Waals surface area contributed by atoms with Gasteiger partial charge >= 0.3 is 0 Å². The van der Waals surface area contributed by atoms with Gasteiger partial charge in [-0.2, -0.15) is 0 Å². The smallest absolute Gasteiger partial charge is 0.269 e. The molecule has 0 aliphatic rings. The Balaban J connectivity index is 1.08. The Morgan fingerprint density at radius 3 is 1.17 bits per heavy atom. The Kier molecular flexibility index (Phi) is 9.91. The molecule has 0 bridgehead atoms. The Bertz CT molecular complexity index is 2190. The van der Waals surface area contributed by atoms with Crippen LogP contribution in [0.15, 0.2) is 132 Å². The molecule has 0 aliphatic carbocycles. The lowest BCUT2D eigenvalue weighted by molar-refractivity contribution is -0.385. The first-order valence-electron chi connectivity index (χ1n) is 16.1. The van der Waals surface area contributed by atoms with E-state index in [1.807, 2.05) is 71.5 Å². The van der Waals surface area contributed by atoms with Crippen molar-refractivity contribution < 1.29 is 9.85 Å². The second kappa shape index (κ2) is 15.0. The van der Waals surface area contributed by atoms with Crippen molar-refractivity contribution in [3.63, 3.8) is 0 Å². The average molecular weight is 727 g/mol. The van der Waals surface area contributed by atoms with Crippen molar-refractivity contribution >= 4 is 34.9 Å². The molecule has 0 radical (unpaired) electrons. The van der Waals surface area contributed by atoms with Gasteiger partial charge < -0.3 is 0 Å². The van der Waals surface area contributed by atoms with Crippen LogP contribution in [0.4, 0.5) is 11.4 Å². The maximum absolute atomic E-state index is 11.2. The zero-order valence-electron chi connectivity index (χ0n) is 28.0. The minimum absolute atomic E-state index is 0.0155. The molecule has 2 aromatic heterocycles. The maximum Gasteiger partial charge on any atom is 0.269 e. The molecular weight excluding hydrogens is 697 g/mol. The summed E-state index contributed by atoms with van der Waals surface area (Å²) < 4.78 is 3.96. The predicted octanol–water partition coefficient (Wildman–Crippen LogP) is 9.20. The number of thioether (sulfide) groups is 2. The molecule has 258 valence electrons. The highest BCUT2D eigenvalue weighted by atomic mass is 32.2. The van der Waals surface area contributed by atoms with E-state index in [-0.39, 0.29) is 11.4 Å². The SMILES string of the molecule is Cc1ccc(-n2c(SCc3ccc(CSc4nnc(-c5ccc([N+](=O)[O-])cc5)n4-c4ccc(C)cc4)cc3)nnc2-c2ccc([N+](=O)[O-])cc2)cc1. The molecule has 14 heteroatoms. The van der Waals surface area contributed by atoms with Crippen LogP contribution in [0.1, 0.15) is 22.3 Å². The van der Waals surface area contributed by atoms with E-state index in [1.54, 1.807) is 47.8 Å². The third kappa shape index (κ3) is 7.48. The number of non-ortho nitro benzene ring substituents is 2. The number of hydrogen-bond donors (Lipinski definition) is 0. The van der Waals surface area contributed by atoms with Crippen molar-refractivity contribution in [1.29, 1.82) is 0 Å². The van der Waals surface area contributed by atoms with E-state index in [0.29, 0.717) is 33.5 Å². The fourth-order valence-electron chi connectivity index (χ4n) is 5.45. The summed E-state index contributed by atoms with van der Waals surface area (Å²) in [6.45, 7) is 4.05. The first-order valence-corrected chi connectivity index (χ1v) is 18.1. The lowest BCUT2D eigenvalue weighted by Gasteiger charge is -2.11. The van der Waals surface area contributed by atoms with Gasteiger partial charge in [-0.05, 0) is 73.5 Å². The topological polar surface area (TPSA) is 148 Å². The van der Waals surface area contributed by atoms with Crippen LogP contribution in [0, 0.1) is 34.1 Å². The molecule has 0 amide bonds. The van der Waals surface area contributed by atoms with Gasteiger partial charge in [0.2, 0.25) is 0 Å². The van der Waals surface area contributed by atoms with Crippen LogP contribution in [0.5, 0.6) is 0 Å². The summed E-state index contributed by atoms with van der Waals surface area (Å²) in [4.78, 5) is 21.6. The molecule has 5 aromatic carbocycles. The van der Waals surface area contributed by atoms with Crippen LogP contribution >= 0.6 is 23.5 Å². The fraction of sp³-hybridized carbons (Fsp3) is 0.105. The molecule has 0 atom stereocenters. The van der Waals surface area contributed by atoms with Crippen LogP contribution in [-0.2, 0) is 11.5 Å². The summed E-state index contributed by atoms with van der Waals surface area (Å²) in [5.74, 6) is 2.50. The Labute approximate surface area is 306 Å². The van der Waals surface area contributed by atoms with Gasteiger partial charge in [0.25, 0.3) is 11.4 Å². The first-order chi connectivity index (χ1) is 25.2. The molecule has 52 heavy (non-hydrogen) atoms. The Hall–Kier alpha value is -6.12. The standard InChI is InChI=1S/C38H30N8O4S2/c1-25-3-15-31(16-4-25)43-35(29-11-19-33(20-12-29)45(47)48)39-41-37(43)51-23-27-7-9-28(10-8-27)24-52-38-42-40-36(30-13-21-34(22-14-30)46(49)50)44(38)32-17-5-26(2)6-18-32/h3-22H,23-24H2,1-2H3. The van der Waals surface area contributed by atoms with E-state index in [9.17, 15) is 20.2 Å². The van der Waals surface area contributed by atoms with Crippen molar-refractivity contribution in [1.82, 2.24) is 29.5 Å². The number of hydrogen-bond acceptors (Lipinski definition) is 10. The van der Waals surface area contributed by atoms with Crippen LogP contribution < -0.4 is 0 Å². The monoisotopic (exact) mass is 726 g/mol. The molecule has 0 saturated carbocycles. The van der Waals surface area contributed by atoms with E-state index in [0.717, 1.165) is 44.8 Å². The zero-order valence-corrected chi connectivity index (χ0v) is 29.6. The number of nitro groups is 2. The highest BCUT2D eigenvalue weighted by Gasteiger charge is 2.19. The normalized spacial score (nSPS) is 11.1. The van der Waals surface area contributed by atoms with Crippen LogP contribution in [0.2, 0.25) is 0 Å². The van der Waals surface area contributed by atoms with Crippen molar-refractivity contribution in [3.8, 4) is 34.2 Å². The molecule has 7 rings (SSSR count). The number of benzene rings is 5. The van der Waals surface area contributed by atoms with Gasteiger partial charge in [0.05, 0.1) is 9.85 Å². The lowest BCUT2D eigenvalue weighted by atomic mass is 10.2. The zero-order chi connectivity index (χ0) is 36.2. The third-order valence-corrected chi connectivity index (χ3v) is 10.3. The van der Waals surface area contributed by atoms with Gasteiger partial charge in [-0.3, -0.25) is 29.4 Å². The molecule has 0 unspecified atom stereocenters. The van der Waals surface area contributed by atoms with Gasteiger partial charge in [0.15, 0.2) is 22.0 Å². The molecule has 0 saturated heterocycles. The van der Waals surface area contributed by atoms with Crippen molar-refractivity contribution in [2.24, 2.45) is 0 Å². The minimum atomic E-state index is -0.419. The highest BCUT2D eigenvalue weighted by molar-refractivity contribution is 7.98. The molecule has 0 fully saturated rings. The lowest BCUT2D eigenvalue weighted by Crippen LogP contribution is -2.00. The number of nitro benzene ring substituents is 2. The predicted molar refractivity (Wildman–Crippen MR) is 202 cm³/mol. The summed E-state index contributed by atoms with van der Waals surface area (Å²) in [5, 5.41) is 41.8. The summed E-state index contributed by atoms with van der Waals surface area (Å²) in [7, 11) is 0. The molecule has 2 heterocycles. The van der Waals surface area contributed by atoms with Gasteiger partial charge in [-0.1, -0.05) is 83.2 Å². The highest BCUT2D eigenvalue weighted by Crippen LogP contribution is 2.33. The molecular formula is C38H30N8O4S2. The van der Waals surface area contributed by atoms with E-state index in [2.05, 4.69) is 44.7 Å². The summed E-state index contributed by atoms with van der Waals surface area (Å²) >= 11 is 3.12. The van der Waals surface area contributed by atoms with Crippen molar-refractivity contribution in [2.45, 2.75) is 35.7 Å². The molecule has 0 N–H and O–H groups in total. The quantitative estimate of drug-likeness (QED) is 0.0678. The number of nitrogens with zero attached hydrogens (tertiary/aromatic N) is 8. The Morgan fingerprint density at radius 2 is 0.846 bits per heavy atom. The maximum atomic E-state index is 11.2. The van der Waals surface area contributed by atoms with E-state index >= 15 is 0 Å². The number of aromatic nitrogens is 6. The molecule has 0 spiro atoms. The van der Waals surface area contributed by atoms with Gasteiger partial charge in [-0.15, -0.1) is 20.4 Å².